The zero-order valence-electron chi connectivity index (χ0n) is 8.89. The van der Waals surface area contributed by atoms with E-state index in [1.54, 1.807) is 6.07 Å². The van der Waals surface area contributed by atoms with Crippen LogP contribution in [0.5, 0.6) is 0 Å². The fourth-order valence-electron chi connectivity index (χ4n) is 2.00. The highest BCUT2D eigenvalue weighted by Crippen LogP contribution is 2.42. The van der Waals surface area contributed by atoms with Gasteiger partial charge in [0.15, 0.2) is 0 Å². The summed E-state index contributed by atoms with van der Waals surface area (Å²) in [6, 6.07) is 7.65. The number of carboxylic acid groups (broad SMARTS) is 1. The third kappa shape index (κ3) is 1.87. The van der Waals surface area contributed by atoms with Crippen molar-refractivity contribution in [3.8, 4) is 10.6 Å². The van der Waals surface area contributed by atoms with Crippen molar-refractivity contribution in [2.45, 2.75) is 18.9 Å². The molecule has 0 amide bonds. The molecule has 0 unspecified atom stereocenters. The van der Waals surface area contributed by atoms with Crippen LogP contribution in [0.3, 0.4) is 0 Å². The Morgan fingerprint density at radius 1 is 1.35 bits per heavy atom. The molecule has 0 aliphatic heterocycles. The summed E-state index contributed by atoms with van der Waals surface area (Å²) in [6.45, 7) is 0. The summed E-state index contributed by atoms with van der Waals surface area (Å²) in [5.74, 6) is -0.870. The van der Waals surface area contributed by atoms with E-state index in [2.05, 4.69) is 0 Å². The topological polar surface area (TPSA) is 42.2 Å². The lowest BCUT2D eigenvalue weighted by molar-refractivity contribution is 0.0685. The molecule has 88 valence electrons. The third-order valence-corrected chi connectivity index (χ3v) is 4.13. The van der Waals surface area contributed by atoms with E-state index in [0.29, 0.717) is 11.7 Å². The molecule has 5 heteroatoms. The first-order chi connectivity index (χ1) is 8.16. The van der Waals surface area contributed by atoms with Gasteiger partial charge < -0.3 is 9.67 Å². The van der Waals surface area contributed by atoms with Crippen LogP contribution >= 0.6 is 22.9 Å². The van der Waals surface area contributed by atoms with Crippen LogP contribution in [-0.4, -0.2) is 15.6 Å². The molecule has 0 spiro atoms. The smallest absolute Gasteiger partial charge is 0.352 e. The number of carbonyl (C=O) groups is 1. The molecular formula is C12H10ClNO2S. The SMILES string of the molecule is O=C(O)c1ccc(-c2ccc(Cl)s2)n1C1CC1. The van der Waals surface area contributed by atoms with E-state index in [9.17, 15) is 4.79 Å². The molecule has 1 N–H and O–H groups in total. The zero-order chi connectivity index (χ0) is 12.0. The van der Waals surface area contributed by atoms with Gasteiger partial charge in [-0.1, -0.05) is 11.6 Å². The van der Waals surface area contributed by atoms with Gasteiger partial charge in [-0.25, -0.2) is 4.79 Å². The van der Waals surface area contributed by atoms with E-state index >= 15 is 0 Å². The van der Waals surface area contributed by atoms with E-state index in [0.717, 1.165) is 27.7 Å². The first-order valence-electron chi connectivity index (χ1n) is 5.37. The first kappa shape index (κ1) is 10.9. The van der Waals surface area contributed by atoms with E-state index in [4.69, 9.17) is 16.7 Å². The normalized spacial score (nSPS) is 15.1. The predicted molar refractivity (Wildman–Crippen MR) is 68.0 cm³/mol. The van der Waals surface area contributed by atoms with Crippen molar-refractivity contribution in [2.24, 2.45) is 0 Å². The molecule has 0 atom stereocenters. The number of halogens is 1. The van der Waals surface area contributed by atoms with Gasteiger partial charge in [0, 0.05) is 6.04 Å². The van der Waals surface area contributed by atoms with Gasteiger partial charge in [0.05, 0.1) is 14.9 Å². The van der Waals surface area contributed by atoms with Gasteiger partial charge in [-0.2, -0.15) is 0 Å². The van der Waals surface area contributed by atoms with Crippen LogP contribution in [0.25, 0.3) is 10.6 Å². The molecule has 0 saturated heterocycles. The molecule has 1 saturated carbocycles. The lowest BCUT2D eigenvalue weighted by Crippen LogP contribution is -2.07. The summed E-state index contributed by atoms with van der Waals surface area (Å²) in [7, 11) is 0. The number of carboxylic acids is 1. The number of nitrogens with zero attached hydrogens (tertiary/aromatic N) is 1. The van der Waals surface area contributed by atoms with Crippen LogP contribution in [0.1, 0.15) is 29.4 Å². The van der Waals surface area contributed by atoms with Crippen LogP contribution in [0.15, 0.2) is 24.3 Å². The number of thiophene rings is 1. The van der Waals surface area contributed by atoms with Crippen LogP contribution < -0.4 is 0 Å². The summed E-state index contributed by atoms with van der Waals surface area (Å²) in [4.78, 5) is 12.2. The van der Waals surface area contributed by atoms with Gasteiger partial charge in [0.2, 0.25) is 0 Å². The quantitative estimate of drug-likeness (QED) is 0.916. The second-order valence-corrected chi connectivity index (χ2v) is 5.83. The van der Waals surface area contributed by atoms with Crippen LogP contribution in [0.2, 0.25) is 4.34 Å². The van der Waals surface area contributed by atoms with Crippen molar-refractivity contribution in [2.75, 3.05) is 0 Å². The molecule has 0 bridgehead atoms. The third-order valence-electron chi connectivity index (χ3n) is 2.87. The maximum Gasteiger partial charge on any atom is 0.352 e. The molecule has 1 fully saturated rings. The average Bonchev–Trinajstić information content (AvgIpc) is 2.87. The molecule has 1 aliphatic rings. The van der Waals surface area contributed by atoms with Crippen molar-refractivity contribution >= 4 is 28.9 Å². The highest BCUT2D eigenvalue weighted by Gasteiger charge is 2.30. The minimum Gasteiger partial charge on any atom is -0.477 e. The highest BCUT2D eigenvalue weighted by molar-refractivity contribution is 7.19. The van der Waals surface area contributed by atoms with Gasteiger partial charge >= 0.3 is 5.97 Å². The van der Waals surface area contributed by atoms with Gasteiger partial charge in [-0.05, 0) is 37.1 Å². The molecule has 0 radical (unpaired) electrons. The Morgan fingerprint density at radius 3 is 2.65 bits per heavy atom. The molecule has 17 heavy (non-hydrogen) atoms. The molecular weight excluding hydrogens is 258 g/mol. The standard InChI is InChI=1S/C12H10ClNO2S/c13-11-6-5-10(17-11)8-3-4-9(12(15)16)14(8)7-1-2-7/h3-7H,1-2H2,(H,15,16). The molecule has 0 aromatic carbocycles. The molecule has 2 aromatic rings. The molecule has 1 aliphatic carbocycles. The van der Waals surface area contributed by atoms with Gasteiger partial charge in [0.1, 0.15) is 5.69 Å². The van der Waals surface area contributed by atoms with Crippen molar-refractivity contribution in [1.82, 2.24) is 4.57 Å². The van der Waals surface area contributed by atoms with Crippen molar-refractivity contribution in [1.29, 1.82) is 0 Å². The number of aromatic carboxylic acids is 1. The van der Waals surface area contributed by atoms with E-state index < -0.39 is 5.97 Å². The number of hydrogen-bond donors (Lipinski definition) is 1. The van der Waals surface area contributed by atoms with Gasteiger partial charge in [-0.15, -0.1) is 11.3 Å². The maximum atomic E-state index is 11.2. The van der Waals surface area contributed by atoms with Crippen molar-refractivity contribution in [3.63, 3.8) is 0 Å². The highest BCUT2D eigenvalue weighted by atomic mass is 35.5. The van der Waals surface area contributed by atoms with Crippen molar-refractivity contribution < 1.29 is 9.90 Å². The predicted octanol–water partition coefficient (Wildman–Crippen LogP) is 3.90. The molecule has 3 nitrogen and oxygen atoms in total. The monoisotopic (exact) mass is 267 g/mol. The largest absolute Gasteiger partial charge is 0.477 e. The minimum absolute atomic E-state index is 0.340. The van der Waals surface area contributed by atoms with E-state index in [1.165, 1.54) is 11.3 Å². The Kier molecular flexibility index (Phi) is 2.49. The summed E-state index contributed by atoms with van der Waals surface area (Å²) in [6.07, 6.45) is 2.11. The Labute approximate surface area is 107 Å². The van der Waals surface area contributed by atoms with Crippen LogP contribution in [0, 0.1) is 0 Å². The Morgan fingerprint density at radius 2 is 2.12 bits per heavy atom. The molecule has 3 rings (SSSR count). The Hall–Kier alpha value is -1.26. The number of aromatic nitrogens is 1. The number of hydrogen-bond acceptors (Lipinski definition) is 2. The molecule has 2 aromatic heterocycles. The second-order valence-electron chi connectivity index (χ2n) is 4.11. The Balaban J connectivity index is 2.13. The Bertz CT molecular complexity index is 583. The maximum absolute atomic E-state index is 11.2. The van der Waals surface area contributed by atoms with E-state index in [1.807, 2.05) is 22.8 Å². The lowest BCUT2D eigenvalue weighted by atomic mass is 10.3. The minimum atomic E-state index is -0.870. The van der Waals surface area contributed by atoms with Gasteiger partial charge in [-0.3, -0.25) is 0 Å². The zero-order valence-corrected chi connectivity index (χ0v) is 10.5. The summed E-state index contributed by atoms with van der Waals surface area (Å²) in [5.41, 5.74) is 1.33. The number of rotatable bonds is 3. The van der Waals surface area contributed by atoms with E-state index in [-0.39, 0.29) is 0 Å². The fourth-order valence-corrected chi connectivity index (χ4v) is 3.07. The summed E-state index contributed by atoms with van der Waals surface area (Å²) in [5, 5.41) is 9.16. The average molecular weight is 268 g/mol. The summed E-state index contributed by atoms with van der Waals surface area (Å²) < 4.78 is 2.64. The van der Waals surface area contributed by atoms with Crippen molar-refractivity contribution in [3.05, 3.63) is 34.3 Å². The van der Waals surface area contributed by atoms with Crippen LogP contribution in [0.4, 0.5) is 0 Å². The molecule has 2 heterocycles. The second kappa shape index (κ2) is 3.89. The summed E-state index contributed by atoms with van der Waals surface area (Å²) >= 11 is 7.40. The van der Waals surface area contributed by atoms with Crippen LogP contribution in [-0.2, 0) is 0 Å². The lowest BCUT2D eigenvalue weighted by Gasteiger charge is -2.08. The fraction of sp³-hybridized carbons (Fsp3) is 0.250. The van der Waals surface area contributed by atoms with Gasteiger partial charge in [0.25, 0.3) is 0 Å². The first-order valence-corrected chi connectivity index (χ1v) is 6.56.